The average molecular weight is 332 g/mol. The average Bonchev–Trinajstić information content (AvgIpc) is 3.13. The monoisotopic (exact) mass is 332 g/mol. The maximum Gasteiger partial charge on any atom is 0.317 e. The predicted molar refractivity (Wildman–Crippen MR) is 81.2 cm³/mol. The number of carbonyl (C=O) groups is 2. The molecule has 1 atom stereocenters. The number of hydrogen-bond donors (Lipinski definition) is 2. The first-order chi connectivity index (χ1) is 10.2. The molecule has 2 rings (SSSR count). The number of sulfone groups is 1. The summed E-state index contributed by atoms with van der Waals surface area (Å²) >= 11 is 0. The number of hydrogen-bond acceptors (Lipinski definition) is 5. The molecule has 2 aliphatic rings. The van der Waals surface area contributed by atoms with Gasteiger partial charge in [0.05, 0.1) is 6.54 Å². The van der Waals surface area contributed by atoms with Crippen molar-refractivity contribution in [3.05, 3.63) is 0 Å². The summed E-state index contributed by atoms with van der Waals surface area (Å²) in [5.41, 5.74) is 0. The predicted octanol–water partition coefficient (Wildman–Crippen LogP) is -0.137. The highest BCUT2D eigenvalue weighted by atomic mass is 32.2. The van der Waals surface area contributed by atoms with Crippen LogP contribution in [-0.2, 0) is 19.4 Å². The van der Waals surface area contributed by atoms with Gasteiger partial charge in [-0.05, 0) is 38.5 Å². The van der Waals surface area contributed by atoms with E-state index in [1.165, 1.54) is 6.92 Å². The van der Waals surface area contributed by atoms with Gasteiger partial charge in [-0.3, -0.25) is 14.5 Å². The summed E-state index contributed by atoms with van der Waals surface area (Å²) in [5, 5.41) is 10.7. The number of carboxylic acids is 1. The van der Waals surface area contributed by atoms with Crippen LogP contribution in [0.4, 0.5) is 0 Å². The molecule has 0 radical (unpaired) electrons. The molecule has 2 N–H and O–H groups in total. The Labute approximate surface area is 131 Å². The van der Waals surface area contributed by atoms with Crippen LogP contribution < -0.4 is 5.32 Å². The summed E-state index contributed by atoms with van der Waals surface area (Å²) in [6.45, 7) is 2.21. The first-order valence-electron chi connectivity index (χ1n) is 7.62. The molecule has 126 valence electrons. The Bertz CT molecular complexity index is 537. The lowest BCUT2D eigenvalue weighted by Gasteiger charge is -2.43. The van der Waals surface area contributed by atoms with E-state index in [-0.39, 0.29) is 18.6 Å². The van der Waals surface area contributed by atoms with Gasteiger partial charge in [0.15, 0.2) is 9.84 Å². The summed E-state index contributed by atoms with van der Waals surface area (Å²) < 4.78 is 22.7. The summed E-state index contributed by atoms with van der Waals surface area (Å²) in [5.74, 6) is -0.699. The van der Waals surface area contributed by atoms with Gasteiger partial charge in [-0.25, -0.2) is 8.42 Å². The van der Waals surface area contributed by atoms with Crippen molar-refractivity contribution in [1.82, 2.24) is 10.2 Å². The van der Waals surface area contributed by atoms with E-state index in [2.05, 4.69) is 5.32 Å². The van der Waals surface area contributed by atoms with Crippen molar-refractivity contribution in [3.8, 4) is 0 Å². The lowest BCUT2D eigenvalue weighted by atomic mass is 9.85. The second-order valence-corrected chi connectivity index (χ2v) is 8.94. The fourth-order valence-corrected chi connectivity index (χ4v) is 3.12. The second kappa shape index (κ2) is 6.54. The number of nitrogens with one attached hydrogen (secondary N) is 1. The van der Waals surface area contributed by atoms with Crippen LogP contribution in [0.3, 0.4) is 0 Å². The van der Waals surface area contributed by atoms with Gasteiger partial charge >= 0.3 is 5.97 Å². The smallest absolute Gasteiger partial charge is 0.317 e. The molecule has 22 heavy (non-hydrogen) atoms. The Hall–Kier alpha value is -1.15. The Balaban J connectivity index is 1.79. The van der Waals surface area contributed by atoms with Crippen LogP contribution in [0, 0.1) is 5.92 Å². The SMILES string of the molecule is CC(C(=O)NC1CC(N(CC(=O)O)CC2CC2)C1)S(C)(=O)=O. The van der Waals surface area contributed by atoms with Crippen molar-refractivity contribution in [2.75, 3.05) is 19.3 Å². The van der Waals surface area contributed by atoms with Gasteiger partial charge in [0.2, 0.25) is 5.91 Å². The Morgan fingerprint density at radius 1 is 1.32 bits per heavy atom. The molecular weight excluding hydrogens is 308 g/mol. The number of rotatable bonds is 8. The highest BCUT2D eigenvalue weighted by molar-refractivity contribution is 7.92. The van der Waals surface area contributed by atoms with Gasteiger partial charge in [-0.15, -0.1) is 0 Å². The molecule has 0 aliphatic heterocycles. The van der Waals surface area contributed by atoms with Crippen molar-refractivity contribution in [1.29, 1.82) is 0 Å². The molecule has 2 fully saturated rings. The molecule has 0 heterocycles. The highest BCUT2D eigenvalue weighted by Crippen LogP contribution is 2.33. The van der Waals surface area contributed by atoms with Crippen LogP contribution in [-0.4, -0.2) is 67.0 Å². The third-order valence-electron chi connectivity index (χ3n) is 4.52. The quantitative estimate of drug-likeness (QED) is 0.641. The molecule has 0 saturated heterocycles. The molecule has 8 heteroatoms. The van der Waals surface area contributed by atoms with E-state index < -0.39 is 27.0 Å². The topological polar surface area (TPSA) is 104 Å². The maximum atomic E-state index is 11.8. The summed E-state index contributed by atoms with van der Waals surface area (Å²) in [6.07, 6.45) is 4.74. The van der Waals surface area contributed by atoms with Crippen LogP contribution in [0.1, 0.15) is 32.6 Å². The highest BCUT2D eigenvalue weighted by Gasteiger charge is 2.38. The number of carbonyl (C=O) groups excluding carboxylic acids is 1. The van der Waals surface area contributed by atoms with Crippen LogP contribution in [0.5, 0.6) is 0 Å². The van der Waals surface area contributed by atoms with Crippen LogP contribution in [0.2, 0.25) is 0 Å². The summed E-state index contributed by atoms with van der Waals surface area (Å²) in [6, 6.07) is 0.104. The molecular formula is C14H24N2O5S. The van der Waals surface area contributed by atoms with Crippen molar-refractivity contribution in [2.45, 2.75) is 49.9 Å². The molecule has 0 aromatic carbocycles. The van der Waals surface area contributed by atoms with E-state index in [4.69, 9.17) is 5.11 Å². The van der Waals surface area contributed by atoms with Crippen molar-refractivity contribution in [3.63, 3.8) is 0 Å². The molecule has 1 amide bonds. The molecule has 0 bridgehead atoms. The van der Waals surface area contributed by atoms with Gasteiger partial charge in [-0.1, -0.05) is 0 Å². The van der Waals surface area contributed by atoms with Crippen LogP contribution in [0.15, 0.2) is 0 Å². The largest absolute Gasteiger partial charge is 0.480 e. The Morgan fingerprint density at radius 3 is 2.36 bits per heavy atom. The minimum Gasteiger partial charge on any atom is -0.480 e. The third kappa shape index (κ3) is 4.67. The minimum absolute atomic E-state index is 0.0293. The molecule has 0 spiro atoms. The third-order valence-corrected chi connectivity index (χ3v) is 6.01. The summed E-state index contributed by atoms with van der Waals surface area (Å²) in [4.78, 5) is 24.7. The lowest BCUT2D eigenvalue weighted by molar-refractivity contribution is -0.140. The molecule has 0 aromatic rings. The molecule has 1 unspecified atom stereocenters. The number of carboxylic acid groups (broad SMARTS) is 1. The molecule has 0 aromatic heterocycles. The number of amides is 1. The fraction of sp³-hybridized carbons (Fsp3) is 0.857. The van der Waals surface area contributed by atoms with E-state index in [1.54, 1.807) is 0 Å². The normalized spacial score (nSPS) is 26.3. The standard InChI is InChI=1S/C14H24N2O5S/c1-9(22(2,20)21)14(19)15-11-5-12(6-11)16(8-13(17)18)7-10-3-4-10/h9-12H,3-8H2,1-2H3,(H,15,19)(H,17,18). The Kier molecular flexibility index (Phi) is 5.11. The zero-order valence-corrected chi connectivity index (χ0v) is 13.8. The Morgan fingerprint density at radius 2 is 1.91 bits per heavy atom. The van der Waals surface area contributed by atoms with Crippen molar-refractivity contribution >= 4 is 21.7 Å². The van der Waals surface area contributed by atoms with Gasteiger partial charge in [-0.2, -0.15) is 0 Å². The number of nitrogens with zero attached hydrogens (tertiary/aromatic N) is 1. The van der Waals surface area contributed by atoms with Gasteiger partial charge < -0.3 is 10.4 Å². The van der Waals surface area contributed by atoms with Gasteiger partial charge in [0.25, 0.3) is 0 Å². The lowest BCUT2D eigenvalue weighted by Crippen LogP contribution is -2.56. The van der Waals surface area contributed by atoms with Crippen LogP contribution >= 0.6 is 0 Å². The maximum absolute atomic E-state index is 11.8. The van der Waals surface area contributed by atoms with Crippen molar-refractivity contribution < 1.29 is 23.1 Å². The van der Waals surface area contributed by atoms with Crippen LogP contribution in [0.25, 0.3) is 0 Å². The second-order valence-electron chi connectivity index (χ2n) is 6.57. The van der Waals surface area contributed by atoms with Crippen molar-refractivity contribution in [2.24, 2.45) is 5.92 Å². The minimum atomic E-state index is -3.39. The van der Waals surface area contributed by atoms with E-state index in [0.717, 1.165) is 25.6 Å². The zero-order chi connectivity index (χ0) is 16.5. The molecule has 2 saturated carbocycles. The van der Waals surface area contributed by atoms with Gasteiger partial charge in [0, 0.05) is 24.9 Å². The first-order valence-corrected chi connectivity index (χ1v) is 9.57. The fourth-order valence-electron chi connectivity index (χ4n) is 2.67. The number of aliphatic carboxylic acids is 1. The molecule has 7 nitrogen and oxygen atoms in total. The van der Waals surface area contributed by atoms with E-state index in [9.17, 15) is 18.0 Å². The molecule has 2 aliphatic carbocycles. The first kappa shape index (κ1) is 17.2. The van der Waals surface area contributed by atoms with E-state index in [0.29, 0.717) is 18.8 Å². The zero-order valence-electron chi connectivity index (χ0n) is 13.0. The van der Waals surface area contributed by atoms with E-state index in [1.807, 2.05) is 4.90 Å². The van der Waals surface area contributed by atoms with E-state index >= 15 is 0 Å². The van der Waals surface area contributed by atoms with Gasteiger partial charge in [0.1, 0.15) is 5.25 Å². The summed E-state index contributed by atoms with van der Waals surface area (Å²) in [7, 11) is -3.39.